The normalized spacial score (nSPS) is 15.4. The van der Waals surface area contributed by atoms with Gasteiger partial charge in [0.25, 0.3) is 0 Å². The van der Waals surface area contributed by atoms with Crippen molar-refractivity contribution in [2.45, 2.75) is 15.2 Å². The lowest BCUT2D eigenvalue weighted by atomic mass is 9.65. The van der Waals surface area contributed by atoms with Crippen molar-refractivity contribution in [1.29, 1.82) is 10.5 Å². The molecular weight excluding hydrogens is 721 g/mol. The van der Waals surface area contributed by atoms with E-state index in [9.17, 15) is 10.5 Å². The third-order valence-corrected chi connectivity index (χ3v) is 12.7. The van der Waals surface area contributed by atoms with Gasteiger partial charge in [-0.15, -0.1) is 0 Å². The topological polar surface area (TPSA) is 90.8 Å². The average molecular weight is 747 g/mol. The molecular formula is C49H26N6OS. The summed E-state index contributed by atoms with van der Waals surface area (Å²) in [4.78, 5) is 15.1. The molecule has 0 radical (unpaired) electrons. The van der Waals surface area contributed by atoms with E-state index in [2.05, 4.69) is 113 Å². The van der Waals surface area contributed by atoms with E-state index < -0.39 is 5.41 Å². The van der Waals surface area contributed by atoms with Crippen molar-refractivity contribution in [2.75, 3.05) is 4.90 Å². The predicted octanol–water partition coefficient (Wildman–Crippen LogP) is 11.7. The molecule has 0 fully saturated rings. The van der Waals surface area contributed by atoms with Crippen molar-refractivity contribution in [3.8, 4) is 40.7 Å². The lowest BCUT2D eigenvalue weighted by Crippen LogP contribution is -2.34. The van der Waals surface area contributed by atoms with E-state index in [1.807, 2.05) is 67.0 Å². The molecule has 9 aromatic rings. The maximum atomic E-state index is 9.87. The molecule has 3 aromatic heterocycles. The number of anilines is 3. The molecule has 8 heteroatoms. The van der Waals surface area contributed by atoms with Crippen LogP contribution in [0.3, 0.4) is 0 Å². The van der Waals surface area contributed by atoms with Crippen LogP contribution in [0, 0.1) is 22.7 Å². The van der Waals surface area contributed by atoms with E-state index >= 15 is 0 Å². The van der Waals surface area contributed by atoms with Crippen LogP contribution in [0.25, 0.3) is 38.9 Å². The first-order chi connectivity index (χ1) is 28.2. The van der Waals surface area contributed by atoms with Crippen LogP contribution in [-0.2, 0) is 5.41 Å². The highest BCUT2D eigenvalue weighted by atomic mass is 32.2. The minimum Gasteiger partial charge on any atom is -0.457 e. The highest BCUT2D eigenvalue weighted by Gasteiger charge is 2.54. The van der Waals surface area contributed by atoms with Gasteiger partial charge < -0.3 is 14.2 Å². The summed E-state index contributed by atoms with van der Waals surface area (Å²) >= 11 is 1.78. The third-order valence-electron chi connectivity index (χ3n) is 11.6. The molecule has 2 aliphatic heterocycles. The van der Waals surface area contributed by atoms with Crippen LogP contribution in [0.4, 0.5) is 17.1 Å². The number of pyridine rings is 2. The van der Waals surface area contributed by atoms with Crippen molar-refractivity contribution in [1.82, 2.24) is 14.5 Å². The van der Waals surface area contributed by atoms with Crippen LogP contribution >= 0.6 is 11.8 Å². The molecule has 264 valence electrons. The fourth-order valence-electron chi connectivity index (χ4n) is 9.34. The van der Waals surface area contributed by atoms with Gasteiger partial charge in [0.2, 0.25) is 0 Å². The second-order valence-corrected chi connectivity index (χ2v) is 15.5. The summed E-state index contributed by atoms with van der Waals surface area (Å²) in [6, 6.07) is 54.4. The van der Waals surface area contributed by atoms with Crippen LogP contribution in [0.1, 0.15) is 33.4 Å². The van der Waals surface area contributed by atoms with Gasteiger partial charge in [-0.3, -0.25) is 9.97 Å². The molecule has 7 nitrogen and oxygen atoms in total. The maximum Gasteiger partial charge on any atom is 0.134 e. The predicted molar refractivity (Wildman–Crippen MR) is 222 cm³/mol. The molecule has 0 amide bonds. The zero-order valence-electron chi connectivity index (χ0n) is 30.0. The molecule has 57 heavy (non-hydrogen) atoms. The highest BCUT2D eigenvalue weighted by Crippen LogP contribution is 2.65. The Hall–Kier alpha value is -7.65. The molecule has 5 heterocycles. The van der Waals surface area contributed by atoms with Crippen molar-refractivity contribution < 1.29 is 4.74 Å². The van der Waals surface area contributed by atoms with Gasteiger partial charge in [0.15, 0.2) is 0 Å². The van der Waals surface area contributed by atoms with E-state index in [0.29, 0.717) is 11.1 Å². The number of aromatic nitrogens is 3. The Kier molecular flexibility index (Phi) is 6.49. The van der Waals surface area contributed by atoms with Crippen molar-refractivity contribution in [2.24, 2.45) is 0 Å². The number of hydrogen-bond donors (Lipinski definition) is 0. The quantitative estimate of drug-likeness (QED) is 0.174. The second-order valence-electron chi connectivity index (χ2n) is 14.4. The third kappa shape index (κ3) is 4.20. The Morgan fingerprint density at radius 3 is 1.89 bits per heavy atom. The fourth-order valence-corrected chi connectivity index (χ4v) is 10.4. The number of rotatable bonds is 2. The van der Waals surface area contributed by atoms with Crippen LogP contribution in [0.2, 0.25) is 0 Å². The van der Waals surface area contributed by atoms with Gasteiger partial charge in [-0.1, -0.05) is 66.4 Å². The highest BCUT2D eigenvalue weighted by molar-refractivity contribution is 7.99. The van der Waals surface area contributed by atoms with Crippen LogP contribution in [0.15, 0.2) is 168 Å². The summed E-state index contributed by atoms with van der Waals surface area (Å²) in [5, 5.41) is 21.5. The first-order valence-corrected chi connectivity index (χ1v) is 19.4. The van der Waals surface area contributed by atoms with E-state index in [0.717, 1.165) is 89.7 Å². The van der Waals surface area contributed by atoms with Gasteiger partial charge >= 0.3 is 0 Å². The molecule has 0 N–H and O–H groups in total. The van der Waals surface area contributed by atoms with Gasteiger partial charge in [0.1, 0.15) is 11.5 Å². The summed E-state index contributed by atoms with van der Waals surface area (Å²) in [5.74, 6) is 1.53. The molecule has 3 aliphatic rings. The molecule has 6 aromatic carbocycles. The number of nitrogens with zero attached hydrogens (tertiary/aromatic N) is 6. The van der Waals surface area contributed by atoms with Gasteiger partial charge in [0, 0.05) is 43.5 Å². The molecule has 0 saturated heterocycles. The van der Waals surface area contributed by atoms with Crippen LogP contribution in [-0.4, -0.2) is 14.5 Å². The second kappa shape index (κ2) is 11.7. The standard InChI is InChI=1S/C49H26N6OS/c50-26-29-18-20-37-32(23-29)33-24-30(27-51)19-21-38(33)54(37)31-25-36-48(53-28-31)47-35(10-8-22-52-47)49(36)34-9-1-4-14-42(34)56-43-15-7-13-41(46(43)49)55-39-11-2-5-16-44(39)57-45-17-6-3-12-40(45)55/h1-25,28H. The number of benzene rings is 6. The minimum atomic E-state index is -0.891. The van der Waals surface area contributed by atoms with Gasteiger partial charge in [-0.25, -0.2) is 0 Å². The van der Waals surface area contributed by atoms with Crippen LogP contribution < -0.4 is 9.64 Å². The molecule has 1 spiro atoms. The molecule has 1 aliphatic carbocycles. The number of nitriles is 2. The molecule has 0 saturated carbocycles. The zero-order chi connectivity index (χ0) is 37.8. The SMILES string of the molecule is N#Cc1ccc2c(c1)c1cc(C#N)ccc1n2-c1cnc2c(c1)C1(c3ccccc3Oc3cccc(N4c5ccccc5Sc5ccccc54)c31)c1cccnc1-2. The number of hydrogen-bond acceptors (Lipinski definition) is 7. The Balaban J connectivity index is 1.21. The number of ether oxygens (including phenoxy) is 1. The monoisotopic (exact) mass is 746 g/mol. The van der Waals surface area contributed by atoms with E-state index in [1.165, 1.54) is 9.79 Å². The Labute approximate surface area is 331 Å². The summed E-state index contributed by atoms with van der Waals surface area (Å²) in [6.07, 6.45) is 3.76. The van der Waals surface area contributed by atoms with Gasteiger partial charge in [-0.2, -0.15) is 10.5 Å². The summed E-state index contributed by atoms with van der Waals surface area (Å²) < 4.78 is 9.12. The lowest BCUT2D eigenvalue weighted by Gasteiger charge is -2.43. The summed E-state index contributed by atoms with van der Waals surface area (Å²) in [6.45, 7) is 0. The smallest absolute Gasteiger partial charge is 0.134 e. The van der Waals surface area contributed by atoms with Crippen molar-refractivity contribution >= 4 is 50.6 Å². The summed E-state index contributed by atoms with van der Waals surface area (Å²) in [5.41, 5.74) is 11.7. The molecule has 1 unspecified atom stereocenters. The maximum absolute atomic E-state index is 9.87. The minimum absolute atomic E-state index is 0.554. The average Bonchev–Trinajstić information content (AvgIpc) is 3.74. The van der Waals surface area contributed by atoms with E-state index in [1.54, 1.807) is 11.8 Å². The van der Waals surface area contributed by atoms with Gasteiger partial charge in [0.05, 0.1) is 80.0 Å². The summed E-state index contributed by atoms with van der Waals surface area (Å²) in [7, 11) is 0. The lowest BCUT2D eigenvalue weighted by molar-refractivity contribution is 0.436. The number of para-hydroxylation sites is 3. The fraction of sp³-hybridized carbons (Fsp3) is 0.0204. The Bertz CT molecular complexity index is 3200. The van der Waals surface area contributed by atoms with Crippen molar-refractivity contribution in [3.63, 3.8) is 0 Å². The molecule has 1 atom stereocenters. The van der Waals surface area contributed by atoms with Crippen LogP contribution in [0.5, 0.6) is 11.5 Å². The largest absolute Gasteiger partial charge is 0.457 e. The van der Waals surface area contributed by atoms with E-state index in [4.69, 9.17) is 14.7 Å². The van der Waals surface area contributed by atoms with E-state index in [-0.39, 0.29) is 0 Å². The Morgan fingerprint density at radius 2 is 1.18 bits per heavy atom. The molecule has 12 rings (SSSR count). The number of fused-ring (bicyclic) bond motifs is 14. The first-order valence-electron chi connectivity index (χ1n) is 18.6. The Morgan fingerprint density at radius 1 is 0.561 bits per heavy atom. The van der Waals surface area contributed by atoms with Crippen molar-refractivity contribution in [3.05, 3.63) is 191 Å². The molecule has 0 bridgehead atoms. The first kappa shape index (κ1) is 31.7. The van der Waals surface area contributed by atoms with Gasteiger partial charge in [-0.05, 0) is 96.6 Å². The zero-order valence-corrected chi connectivity index (χ0v) is 30.8.